The van der Waals surface area contributed by atoms with Gasteiger partial charge in [-0.15, -0.1) is 6.58 Å². The van der Waals surface area contributed by atoms with Crippen molar-refractivity contribution in [2.24, 2.45) is 11.8 Å². The number of hydrogen-bond donors (Lipinski definition) is 2. The Morgan fingerprint density at radius 2 is 2.25 bits per heavy atom. The fourth-order valence-corrected chi connectivity index (χ4v) is 1.06. The van der Waals surface area contributed by atoms with Crippen molar-refractivity contribution in [1.29, 1.82) is 0 Å². The Morgan fingerprint density at radius 3 is 2.67 bits per heavy atom. The lowest BCUT2D eigenvalue weighted by Crippen LogP contribution is -2.26. The minimum absolute atomic E-state index is 0.178. The van der Waals surface area contributed by atoms with E-state index >= 15 is 0 Å². The number of nitrogens with one attached hydrogen (secondary N) is 1. The zero-order valence-electron chi connectivity index (χ0n) is 6.62. The molecular weight excluding hydrogens is 158 g/mol. The van der Waals surface area contributed by atoms with Gasteiger partial charge in [0.05, 0.1) is 11.8 Å². The topological polar surface area (TPSA) is 66.4 Å². The van der Waals surface area contributed by atoms with Gasteiger partial charge in [0.1, 0.15) is 0 Å². The molecule has 1 amide bonds. The Balaban J connectivity index is 2.28. The second-order valence-corrected chi connectivity index (χ2v) is 2.82. The van der Waals surface area contributed by atoms with E-state index in [2.05, 4.69) is 11.9 Å². The minimum atomic E-state index is -0.881. The lowest BCUT2D eigenvalue weighted by Gasteiger charge is -1.98. The van der Waals surface area contributed by atoms with Gasteiger partial charge in [-0.3, -0.25) is 9.59 Å². The maximum atomic E-state index is 11.1. The number of carboxylic acid groups (broad SMARTS) is 1. The predicted octanol–water partition coefficient (Wildman–Crippen LogP) is 0.00930. The molecule has 12 heavy (non-hydrogen) atoms. The number of aliphatic carboxylic acids is 1. The Bertz CT molecular complexity index is 224. The van der Waals surface area contributed by atoms with E-state index in [9.17, 15) is 9.59 Å². The van der Waals surface area contributed by atoms with E-state index in [0.29, 0.717) is 13.0 Å². The van der Waals surface area contributed by atoms with Crippen LogP contribution in [0.4, 0.5) is 0 Å². The molecule has 1 aliphatic rings. The van der Waals surface area contributed by atoms with Gasteiger partial charge >= 0.3 is 5.97 Å². The molecule has 0 aliphatic heterocycles. The number of carbonyl (C=O) groups excluding carboxylic acids is 1. The highest BCUT2D eigenvalue weighted by atomic mass is 16.4. The third kappa shape index (κ3) is 1.84. The smallest absolute Gasteiger partial charge is 0.307 e. The summed E-state index contributed by atoms with van der Waals surface area (Å²) in [7, 11) is 0. The summed E-state index contributed by atoms with van der Waals surface area (Å²) in [6, 6.07) is 0. The van der Waals surface area contributed by atoms with Crippen molar-refractivity contribution in [2.75, 3.05) is 6.54 Å². The van der Waals surface area contributed by atoms with E-state index in [1.54, 1.807) is 6.08 Å². The molecule has 0 radical (unpaired) electrons. The highest BCUT2D eigenvalue weighted by molar-refractivity contribution is 5.89. The molecule has 0 heterocycles. The summed E-state index contributed by atoms with van der Waals surface area (Å²) in [5.41, 5.74) is 0. The SMILES string of the molecule is C=CCNC(=O)C1CC1C(=O)O. The first-order valence-electron chi connectivity index (χ1n) is 3.78. The van der Waals surface area contributed by atoms with Crippen molar-refractivity contribution in [3.8, 4) is 0 Å². The van der Waals surface area contributed by atoms with E-state index in [0.717, 1.165) is 0 Å². The fraction of sp³-hybridized carbons (Fsp3) is 0.500. The number of rotatable bonds is 4. The highest BCUT2D eigenvalue weighted by Gasteiger charge is 2.47. The average Bonchev–Trinajstić information content (AvgIpc) is 2.78. The first kappa shape index (κ1) is 8.77. The van der Waals surface area contributed by atoms with Crippen LogP contribution in [-0.4, -0.2) is 23.5 Å². The number of amides is 1. The molecule has 0 aromatic heterocycles. The Labute approximate surface area is 70.3 Å². The molecule has 0 saturated heterocycles. The minimum Gasteiger partial charge on any atom is -0.481 e. The van der Waals surface area contributed by atoms with E-state index in [1.807, 2.05) is 0 Å². The molecule has 1 saturated carbocycles. The van der Waals surface area contributed by atoms with Gasteiger partial charge in [0.2, 0.25) is 5.91 Å². The monoisotopic (exact) mass is 169 g/mol. The van der Waals surface area contributed by atoms with E-state index in [1.165, 1.54) is 0 Å². The molecule has 0 aromatic carbocycles. The third-order valence-electron chi connectivity index (χ3n) is 1.87. The van der Waals surface area contributed by atoms with E-state index < -0.39 is 11.9 Å². The normalized spacial score (nSPS) is 26.0. The summed E-state index contributed by atoms with van der Waals surface area (Å²) in [5.74, 6) is -1.84. The highest BCUT2D eigenvalue weighted by Crippen LogP contribution is 2.38. The van der Waals surface area contributed by atoms with Crippen LogP contribution >= 0.6 is 0 Å². The van der Waals surface area contributed by atoms with Gasteiger partial charge in [0.15, 0.2) is 0 Å². The largest absolute Gasteiger partial charge is 0.481 e. The summed E-state index contributed by atoms with van der Waals surface area (Å²) >= 11 is 0. The van der Waals surface area contributed by atoms with E-state index in [-0.39, 0.29) is 11.8 Å². The second kappa shape index (κ2) is 3.38. The first-order valence-corrected chi connectivity index (χ1v) is 3.78. The van der Waals surface area contributed by atoms with Crippen molar-refractivity contribution in [3.05, 3.63) is 12.7 Å². The zero-order chi connectivity index (χ0) is 9.14. The first-order chi connectivity index (χ1) is 5.66. The van der Waals surface area contributed by atoms with Crippen molar-refractivity contribution in [3.63, 3.8) is 0 Å². The Hall–Kier alpha value is -1.32. The molecular formula is C8H11NO3. The van der Waals surface area contributed by atoms with Gasteiger partial charge < -0.3 is 10.4 Å². The molecule has 0 bridgehead atoms. The lowest BCUT2D eigenvalue weighted by atomic mass is 10.3. The Kier molecular flexibility index (Phi) is 2.47. The number of carboxylic acids is 1. The average molecular weight is 169 g/mol. The molecule has 1 aliphatic carbocycles. The van der Waals surface area contributed by atoms with Crippen LogP contribution in [0.2, 0.25) is 0 Å². The lowest BCUT2D eigenvalue weighted by molar-refractivity contribution is -0.140. The van der Waals surface area contributed by atoms with Crippen LogP contribution in [0.15, 0.2) is 12.7 Å². The molecule has 66 valence electrons. The van der Waals surface area contributed by atoms with Crippen LogP contribution in [0, 0.1) is 11.8 Å². The van der Waals surface area contributed by atoms with Crippen LogP contribution in [-0.2, 0) is 9.59 Å². The van der Waals surface area contributed by atoms with Crippen molar-refractivity contribution >= 4 is 11.9 Å². The van der Waals surface area contributed by atoms with Crippen LogP contribution in [0.1, 0.15) is 6.42 Å². The van der Waals surface area contributed by atoms with E-state index in [4.69, 9.17) is 5.11 Å². The molecule has 1 fully saturated rings. The van der Waals surface area contributed by atoms with Gasteiger partial charge in [-0.2, -0.15) is 0 Å². The second-order valence-electron chi connectivity index (χ2n) is 2.82. The van der Waals surface area contributed by atoms with Gasteiger partial charge in [-0.05, 0) is 6.42 Å². The van der Waals surface area contributed by atoms with Crippen molar-refractivity contribution in [2.45, 2.75) is 6.42 Å². The van der Waals surface area contributed by atoms with Crippen LogP contribution < -0.4 is 5.32 Å². The maximum Gasteiger partial charge on any atom is 0.307 e. The summed E-state index contributed by atoms with van der Waals surface area (Å²) in [5, 5.41) is 11.1. The molecule has 4 nitrogen and oxygen atoms in total. The molecule has 0 aromatic rings. The van der Waals surface area contributed by atoms with Crippen molar-refractivity contribution in [1.82, 2.24) is 5.32 Å². The van der Waals surface area contributed by atoms with Crippen LogP contribution in [0.3, 0.4) is 0 Å². The van der Waals surface area contributed by atoms with Crippen molar-refractivity contribution < 1.29 is 14.7 Å². The quantitative estimate of drug-likeness (QED) is 0.582. The third-order valence-corrected chi connectivity index (χ3v) is 1.87. The van der Waals surface area contributed by atoms with Gasteiger partial charge in [0.25, 0.3) is 0 Å². The number of hydrogen-bond acceptors (Lipinski definition) is 2. The molecule has 4 heteroatoms. The van der Waals surface area contributed by atoms with Crippen LogP contribution in [0.25, 0.3) is 0 Å². The summed E-state index contributed by atoms with van der Waals surface area (Å²) in [4.78, 5) is 21.4. The van der Waals surface area contributed by atoms with Gasteiger partial charge in [0, 0.05) is 6.54 Å². The molecule has 2 unspecified atom stereocenters. The number of carbonyl (C=O) groups is 2. The maximum absolute atomic E-state index is 11.1. The standard InChI is InChI=1S/C8H11NO3/c1-2-3-9-7(10)5-4-6(5)8(11)12/h2,5-6H,1,3-4H2,(H,9,10)(H,11,12). The predicted molar refractivity (Wildman–Crippen MR) is 42.4 cm³/mol. The van der Waals surface area contributed by atoms with Gasteiger partial charge in [-0.25, -0.2) is 0 Å². The van der Waals surface area contributed by atoms with Gasteiger partial charge in [-0.1, -0.05) is 6.08 Å². The zero-order valence-corrected chi connectivity index (χ0v) is 6.62. The van der Waals surface area contributed by atoms with Crippen LogP contribution in [0.5, 0.6) is 0 Å². The molecule has 2 atom stereocenters. The molecule has 1 rings (SSSR count). The Morgan fingerprint density at radius 1 is 1.58 bits per heavy atom. The molecule has 0 spiro atoms. The summed E-state index contributed by atoms with van der Waals surface area (Å²) in [6.07, 6.45) is 2.04. The fourth-order valence-electron chi connectivity index (χ4n) is 1.06. The molecule has 2 N–H and O–H groups in total. The summed E-state index contributed by atoms with van der Waals surface area (Å²) in [6.45, 7) is 3.84. The summed E-state index contributed by atoms with van der Waals surface area (Å²) < 4.78 is 0.